The van der Waals surface area contributed by atoms with E-state index in [1.165, 1.54) is 71.0 Å². The molecular weight excluding hydrogens is 671 g/mol. The SMILES string of the molecule is c1ccc(-c2nc(-c3ccc(-c4cccc(-c5cccc6c5C5(CCCCC5)c5ccccc5-6)c4)cc3)nc(-c3ccc4oc5ccccc5c4c3)n2)cc1. The summed E-state index contributed by atoms with van der Waals surface area (Å²) in [5, 5.41) is 2.12. The molecule has 262 valence electrons. The van der Waals surface area contributed by atoms with Gasteiger partial charge < -0.3 is 4.42 Å². The minimum absolute atomic E-state index is 0.0957. The highest BCUT2D eigenvalue weighted by Gasteiger charge is 2.45. The second-order valence-electron chi connectivity index (χ2n) is 15.1. The molecule has 0 radical (unpaired) electrons. The molecule has 0 aliphatic heterocycles. The number of hydrogen-bond acceptors (Lipinski definition) is 4. The van der Waals surface area contributed by atoms with E-state index in [1.807, 2.05) is 60.7 Å². The Morgan fingerprint density at radius 3 is 1.80 bits per heavy atom. The van der Waals surface area contributed by atoms with Gasteiger partial charge in [0.1, 0.15) is 11.2 Å². The van der Waals surface area contributed by atoms with E-state index in [4.69, 9.17) is 19.4 Å². The van der Waals surface area contributed by atoms with Crippen LogP contribution in [0.25, 0.3) is 89.5 Å². The largest absolute Gasteiger partial charge is 0.456 e. The van der Waals surface area contributed by atoms with Gasteiger partial charge in [-0.1, -0.05) is 153 Å². The Kier molecular flexibility index (Phi) is 7.38. The van der Waals surface area contributed by atoms with Crippen LogP contribution in [0.1, 0.15) is 43.2 Å². The Morgan fingerprint density at radius 1 is 0.382 bits per heavy atom. The number of para-hydroxylation sites is 1. The average Bonchev–Trinajstić information content (AvgIpc) is 3.77. The van der Waals surface area contributed by atoms with Crippen LogP contribution in [0.2, 0.25) is 0 Å². The topological polar surface area (TPSA) is 51.8 Å². The molecular formula is C51H37N3O. The Labute approximate surface area is 320 Å². The van der Waals surface area contributed by atoms with Crippen molar-refractivity contribution < 1.29 is 4.42 Å². The van der Waals surface area contributed by atoms with Crippen molar-refractivity contribution in [3.63, 3.8) is 0 Å². The minimum atomic E-state index is 0.0957. The molecule has 0 saturated heterocycles. The van der Waals surface area contributed by atoms with E-state index in [2.05, 4.69) is 103 Å². The number of furan rings is 1. The van der Waals surface area contributed by atoms with Gasteiger partial charge in [0.2, 0.25) is 0 Å². The van der Waals surface area contributed by atoms with Crippen LogP contribution in [0.3, 0.4) is 0 Å². The monoisotopic (exact) mass is 707 g/mol. The lowest BCUT2D eigenvalue weighted by molar-refractivity contribution is 0.353. The van der Waals surface area contributed by atoms with E-state index in [-0.39, 0.29) is 5.41 Å². The normalized spacial score (nSPS) is 14.3. The first-order chi connectivity index (χ1) is 27.2. The second-order valence-corrected chi connectivity index (χ2v) is 15.1. The maximum atomic E-state index is 6.12. The van der Waals surface area contributed by atoms with Crippen molar-refractivity contribution in [1.29, 1.82) is 0 Å². The summed E-state index contributed by atoms with van der Waals surface area (Å²) >= 11 is 0. The van der Waals surface area contributed by atoms with E-state index in [1.54, 1.807) is 0 Å². The number of nitrogens with zero attached hydrogens (tertiary/aromatic N) is 3. The fourth-order valence-corrected chi connectivity index (χ4v) is 9.37. The Bertz CT molecular complexity index is 2900. The fourth-order valence-electron chi connectivity index (χ4n) is 9.37. The third-order valence-electron chi connectivity index (χ3n) is 11.9. The minimum Gasteiger partial charge on any atom is -0.456 e. The summed E-state index contributed by atoms with van der Waals surface area (Å²) in [5.74, 6) is 1.90. The summed E-state index contributed by atoms with van der Waals surface area (Å²) in [5.41, 5.74) is 15.5. The molecule has 0 N–H and O–H groups in total. The van der Waals surface area contributed by atoms with Crippen molar-refractivity contribution in [2.24, 2.45) is 0 Å². The average molecular weight is 708 g/mol. The van der Waals surface area contributed by atoms with E-state index >= 15 is 0 Å². The summed E-state index contributed by atoms with van der Waals surface area (Å²) in [7, 11) is 0. The van der Waals surface area contributed by atoms with Crippen molar-refractivity contribution in [2.45, 2.75) is 37.5 Å². The van der Waals surface area contributed by atoms with Gasteiger partial charge in [0, 0.05) is 32.9 Å². The van der Waals surface area contributed by atoms with Crippen LogP contribution in [-0.2, 0) is 5.41 Å². The zero-order valence-electron chi connectivity index (χ0n) is 30.4. The second kappa shape index (κ2) is 12.7. The van der Waals surface area contributed by atoms with Crippen LogP contribution in [-0.4, -0.2) is 15.0 Å². The molecule has 2 heterocycles. The summed E-state index contributed by atoms with van der Waals surface area (Å²) in [6.07, 6.45) is 6.32. The number of fused-ring (bicyclic) bond motifs is 8. The number of aromatic nitrogens is 3. The lowest BCUT2D eigenvalue weighted by Gasteiger charge is -2.37. The molecule has 0 unspecified atom stereocenters. The van der Waals surface area contributed by atoms with E-state index < -0.39 is 0 Å². The summed E-state index contributed by atoms with van der Waals surface area (Å²) < 4.78 is 6.12. The number of hydrogen-bond donors (Lipinski definition) is 0. The van der Waals surface area contributed by atoms with Crippen LogP contribution in [0.4, 0.5) is 0 Å². The molecule has 9 aromatic rings. The maximum absolute atomic E-state index is 6.12. The molecule has 1 fully saturated rings. The van der Waals surface area contributed by atoms with E-state index in [9.17, 15) is 0 Å². The molecule has 7 aromatic carbocycles. The quantitative estimate of drug-likeness (QED) is 0.179. The Morgan fingerprint density at radius 2 is 0.964 bits per heavy atom. The third kappa shape index (κ3) is 5.24. The van der Waals surface area contributed by atoms with Crippen molar-refractivity contribution in [3.05, 3.63) is 175 Å². The zero-order chi connectivity index (χ0) is 36.3. The fraction of sp³-hybridized carbons (Fsp3) is 0.118. The van der Waals surface area contributed by atoms with Crippen LogP contribution in [0.5, 0.6) is 0 Å². The highest BCUT2D eigenvalue weighted by Crippen LogP contribution is 2.58. The lowest BCUT2D eigenvalue weighted by atomic mass is 9.66. The molecule has 4 heteroatoms. The summed E-state index contributed by atoms with van der Waals surface area (Å²) in [4.78, 5) is 15.1. The van der Waals surface area contributed by atoms with E-state index in [0.717, 1.165) is 44.2 Å². The molecule has 11 rings (SSSR count). The highest BCUT2D eigenvalue weighted by molar-refractivity contribution is 6.06. The lowest BCUT2D eigenvalue weighted by Crippen LogP contribution is -2.28. The first kappa shape index (κ1) is 31.8. The van der Waals surface area contributed by atoms with E-state index in [0.29, 0.717) is 17.5 Å². The van der Waals surface area contributed by atoms with Crippen LogP contribution in [0, 0.1) is 0 Å². The molecule has 0 bridgehead atoms. The van der Waals surface area contributed by atoms with Crippen molar-refractivity contribution >= 4 is 21.9 Å². The summed E-state index contributed by atoms with van der Waals surface area (Å²) in [6, 6.07) is 58.3. The van der Waals surface area contributed by atoms with Gasteiger partial charge in [-0.2, -0.15) is 0 Å². The zero-order valence-corrected chi connectivity index (χ0v) is 30.4. The molecule has 1 spiro atoms. The van der Waals surface area contributed by atoms with Gasteiger partial charge in [0.15, 0.2) is 17.5 Å². The smallest absolute Gasteiger partial charge is 0.164 e. The Balaban J connectivity index is 0.975. The maximum Gasteiger partial charge on any atom is 0.164 e. The predicted molar refractivity (Wildman–Crippen MR) is 224 cm³/mol. The van der Waals surface area contributed by atoms with Gasteiger partial charge in [0.05, 0.1) is 0 Å². The van der Waals surface area contributed by atoms with Gasteiger partial charge in [-0.05, 0) is 87.7 Å². The predicted octanol–water partition coefficient (Wildman–Crippen LogP) is 13.3. The molecule has 2 aromatic heterocycles. The molecule has 0 amide bonds. The van der Waals surface area contributed by atoms with Crippen molar-refractivity contribution in [2.75, 3.05) is 0 Å². The van der Waals surface area contributed by atoms with Gasteiger partial charge in [0.25, 0.3) is 0 Å². The van der Waals surface area contributed by atoms with Gasteiger partial charge in [-0.3, -0.25) is 0 Å². The van der Waals surface area contributed by atoms with Gasteiger partial charge >= 0.3 is 0 Å². The van der Waals surface area contributed by atoms with Gasteiger partial charge in [-0.15, -0.1) is 0 Å². The molecule has 2 aliphatic carbocycles. The highest BCUT2D eigenvalue weighted by atomic mass is 16.3. The van der Waals surface area contributed by atoms with Crippen molar-refractivity contribution in [3.8, 4) is 67.5 Å². The molecule has 1 saturated carbocycles. The summed E-state index contributed by atoms with van der Waals surface area (Å²) in [6.45, 7) is 0. The van der Waals surface area contributed by atoms with Crippen LogP contribution < -0.4 is 0 Å². The van der Waals surface area contributed by atoms with Gasteiger partial charge in [-0.25, -0.2) is 15.0 Å². The first-order valence-electron chi connectivity index (χ1n) is 19.4. The molecule has 4 nitrogen and oxygen atoms in total. The van der Waals surface area contributed by atoms with Crippen LogP contribution in [0.15, 0.2) is 168 Å². The molecule has 0 atom stereocenters. The Hall–Kier alpha value is -6.65. The number of rotatable bonds is 5. The molecule has 2 aliphatic rings. The standard InChI is InChI=1S/C51H37N3O/c1-3-13-34(14-4-1)48-52-49(54-50(53-48)38-27-28-46-43(32-38)41-18-6-8-22-45(41)55-46)35-25-23-33(24-26-35)36-15-11-16-37(31-36)39-19-12-20-42-40-17-5-7-21-44(40)51(47(39)42)29-9-2-10-30-51/h1,3-8,11-28,31-32H,2,9-10,29-30H2. The first-order valence-corrected chi connectivity index (χ1v) is 19.4. The number of benzene rings is 7. The molecule has 55 heavy (non-hydrogen) atoms. The van der Waals surface area contributed by atoms with Crippen molar-refractivity contribution in [1.82, 2.24) is 15.0 Å². The van der Waals surface area contributed by atoms with Crippen LogP contribution >= 0.6 is 0 Å². The third-order valence-corrected chi connectivity index (χ3v) is 11.9.